The number of hydrogen-bond donors (Lipinski definition) is 2. The molecule has 4 rings (SSSR count). The second-order valence-electron chi connectivity index (χ2n) is 6.89. The first-order valence-electron chi connectivity index (χ1n) is 9.27. The molecule has 2 aromatic carbocycles. The highest BCUT2D eigenvalue weighted by Gasteiger charge is 2.28. The van der Waals surface area contributed by atoms with Gasteiger partial charge in [-0.15, -0.1) is 24.8 Å². The summed E-state index contributed by atoms with van der Waals surface area (Å²) >= 11 is 1.97. The summed E-state index contributed by atoms with van der Waals surface area (Å²) in [7, 11) is 0. The summed E-state index contributed by atoms with van der Waals surface area (Å²) in [5, 5.41) is 6.54. The zero-order valence-electron chi connectivity index (χ0n) is 15.7. The quantitative estimate of drug-likeness (QED) is 0.747. The Bertz CT molecular complexity index is 770. The van der Waals surface area contributed by atoms with Crippen LogP contribution >= 0.6 is 36.6 Å². The molecular weight excluding hydrogens is 413 g/mol. The van der Waals surface area contributed by atoms with Crippen LogP contribution in [-0.2, 0) is 24.4 Å². The lowest BCUT2D eigenvalue weighted by molar-refractivity contribution is -0.126. The molecule has 0 saturated carbocycles. The first-order chi connectivity index (χ1) is 12.8. The van der Waals surface area contributed by atoms with Crippen molar-refractivity contribution >= 4 is 42.5 Å². The van der Waals surface area contributed by atoms with Crippen molar-refractivity contribution in [1.82, 2.24) is 15.5 Å². The SMILES string of the molecule is Cl.Cl.O=C(NCc1ccc2c(c1)CNC2)C(c1ccccc1)N1CCSCC1. The lowest BCUT2D eigenvalue weighted by Gasteiger charge is -2.33. The van der Waals surface area contributed by atoms with Gasteiger partial charge in [0.25, 0.3) is 0 Å². The van der Waals surface area contributed by atoms with E-state index in [4.69, 9.17) is 0 Å². The van der Waals surface area contributed by atoms with Crippen molar-refractivity contribution in [2.24, 2.45) is 0 Å². The van der Waals surface area contributed by atoms with Crippen molar-refractivity contribution in [3.05, 3.63) is 70.8 Å². The number of carbonyl (C=O) groups excluding carboxylic acids is 1. The molecule has 0 aromatic heterocycles. The average Bonchev–Trinajstić information content (AvgIpc) is 3.16. The number of thioether (sulfide) groups is 1. The Morgan fingerprint density at radius 2 is 1.75 bits per heavy atom. The molecule has 152 valence electrons. The molecule has 2 aromatic rings. The molecule has 2 aliphatic rings. The van der Waals surface area contributed by atoms with Gasteiger partial charge in [0.15, 0.2) is 0 Å². The normalized spacial score (nSPS) is 17.0. The van der Waals surface area contributed by atoms with Crippen LogP contribution in [0.1, 0.15) is 28.3 Å². The predicted molar refractivity (Wildman–Crippen MR) is 121 cm³/mol. The first kappa shape index (κ1) is 23.0. The fraction of sp³-hybridized carbons (Fsp3) is 0.381. The van der Waals surface area contributed by atoms with E-state index in [1.165, 1.54) is 16.7 Å². The molecule has 1 fully saturated rings. The predicted octanol–water partition coefficient (Wildman–Crippen LogP) is 3.54. The number of carbonyl (C=O) groups is 1. The Balaban J connectivity index is 0.00000140. The standard InChI is InChI=1S/C21H25N3OS.2ClH/c25-21(23-13-16-6-7-18-14-22-15-19(18)12-16)20(17-4-2-1-3-5-17)24-8-10-26-11-9-24;;/h1-7,12,20,22H,8-11,13-15H2,(H,23,25);2*1H. The summed E-state index contributed by atoms with van der Waals surface area (Å²) in [4.78, 5) is 15.4. The van der Waals surface area contributed by atoms with Crippen LogP contribution in [0.5, 0.6) is 0 Å². The van der Waals surface area contributed by atoms with Crippen LogP contribution in [-0.4, -0.2) is 35.4 Å². The molecule has 4 nitrogen and oxygen atoms in total. The number of fused-ring (bicyclic) bond motifs is 1. The Kier molecular flexibility index (Phi) is 9.12. The van der Waals surface area contributed by atoms with Gasteiger partial charge >= 0.3 is 0 Å². The third-order valence-corrected chi connectivity index (χ3v) is 6.09. The van der Waals surface area contributed by atoms with Crippen LogP contribution in [0.25, 0.3) is 0 Å². The smallest absolute Gasteiger partial charge is 0.242 e. The Labute approximate surface area is 183 Å². The van der Waals surface area contributed by atoms with E-state index in [-0.39, 0.29) is 36.8 Å². The molecule has 1 amide bonds. The maximum atomic E-state index is 13.1. The number of benzene rings is 2. The van der Waals surface area contributed by atoms with Crippen molar-refractivity contribution in [2.75, 3.05) is 24.6 Å². The van der Waals surface area contributed by atoms with Gasteiger partial charge in [0.2, 0.25) is 5.91 Å². The molecule has 2 heterocycles. The lowest BCUT2D eigenvalue weighted by atomic mass is 10.0. The minimum absolute atomic E-state index is 0. The van der Waals surface area contributed by atoms with Crippen LogP contribution in [0.2, 0.25) is 0 Å². The Morgan fingerprint density at radius 1 is 1.04 bits per heavy atom. The molecular formula is C21H27Cl2N3OS. The van der Waals surface area contributed by atoms with Crippen molar-refractivity contribution in [3.63, 3.8) is 0 Å². The minimum Gasteiger partial charge on any atom is -0.350 e. The summed E-state index contributed by atoms with van der Waals surface area (Å²) in [6.45, 7) is 4.38. The molecule has 1 atom stereocenters. The Morgan fingerprint density at radius 3 is 2.50 bits per heavy atom. The zero-order chi connectivity index (χ0) is 17.8. The summed E-state index contributed by atoms with van der Waals surface area (Å²) in [5.74, 6) is 2.28. The molecule has 0 spiro atoms. The molecule has 28 heavy (non-hydrogen) atoms. The van der Waals surface area contributed by atoms with Gasteiger partial charge < -0.3 is 10.6 Å². The monoisotopic (exact) mass is 439 g/mol. The maximum Gasteiger partial charge on any atom is 0.242 e. The average molecular weight is 440 g/mol. The summed E-state index contributed by atoms with van der Waals surface area (Å²) < 4.78 is 0. The van der Waals surface area contributed by atoms with Crippen molar-refractivity contribution in [1.29, 1.82) is 0 Å². The summed E-state index contributed by atoms with van der Waals surface area (Å²) in [6.07, 6.45) is 0. The van der Waals surface area contributed by atoms with E-state index in [2.05, 4.69) is 45.9 Å². The molecule has 1 saturated heterocycles. The third-order valence-electron chi connectivity index (χ3n) is 5.14. The molecule has 2 aliphatic heterocycles. The molecule has 1 unspecified atom stereocenters. The van der Waals surface area contributed by atoms with Gasteiger partial charge in [-0.05, 0) is 22.3 Å². The summed E-state index contributed by atoms with van der Waals surface area (Å²) in [6, 6.07) is 16.5. The van der Waals surface area contributed by atoms with Gasteiger partial charge in [0.1, 0.15) is 6.04 Å². The highest BCUT2D eigenvalue weighted by atomic mass is 35.5. The molecule has 2 N–H and O–H groups in total. The number of halogens is 2. The van der Waals surface area contributed by atoms with Gasteiger partial charge in [-0.1, -0.05) is 48.5 Å². The van der Waals surface area contributed by atoms with Gasteiger partial charge in [-0.25, -0.2) is 0 Å². The maximum absolute atomic E-state index is 13.1. The van der Waals surface area contributed by atoms with E-state index in [9.17, 15) is 4.79 Å². The molecule has 0 bridgehead atoms. The number of hydrogen-bond acceptors (Lipinski definition) is 4. The van der Waals surface area contributed by atoms with Crippen molar-refractivity contribution < 1.29 is 4.79 Å². The van der Waals surface area contributed by atoms with Crippen LogP contribution in [0.15, 0.2) is 48.5 Å². The zero-order valence-corrected chi connectivity index (χ0v) is 18.2. The molecule has 7 heteroatoms. The molecule has 0 aliphatic carbocycles. The van der Waals surface area contributed by atoms with Crippen LogP contribution in [0, 0.1) is 0 Å². The highest BCUT2D eigenvalue weighted by molar-refractivity contribution is 7.99. The second kappa shape index (κ2) is 11.1. The van der Waals surface area contributed by atoms with Crippen LogP contribution < -0.4 is 10.6 Å². The van der Waals surface area contributed by atoms with E-state index in [1.54, 1.807) is 0 Å². The van der Waals surface area contributed by atoms with Gasteiger partial charge in [0.05, 0.1) is 0 Å². The lowest BCUT2D eigenvalue weighted by Crippen LogP contribution is -2.44. The number of nitrogens with zero attached hydrogens (tertiary/aromatic N) is 1. The fourth-order valence-electron chi connectivity index (χ4n) is 3.74. The first-order valence-corrected chi connectivity index (χ1v) is 10.4. The van der Waals surface area contributed by atoms with E-state index >= 15 is 0 Å². The van der Waals surface area contributed by atoms with E-state index < -0.39 is 0 Å². The fourth-order valence-corrected chi connectivity index (χ4v) is 4.67. The van der Waals surface area contributed by atoms with E-state index in [1.807, 2.05) is 30.0 Å². The largest absolute Gasteiger partial charge is 0.350 e. The van der Waals surface area contributed by atoms with E-state index in [0.29, 0.717) is 6.54 Å². The third kappa shape index (κ3) is 5.43. The summed E-state index contributed by atoms with van der Waals surface area (Å²) in [5.41, 5.74) is 4.97. The van der Waals surface area contributed by atoms with E-state index in [0.717, 1.165) is 43.2 Å². The van der Waals surface area contributed by atoms with Crippen molar-refractivity contribution in [2.45, 2.75) is 25.7 Å². The highest BCUT2D eigenvalue weighted by Crippen LogP contribution is 2.25. The number of amides is 1. The Hall–Kier alpha value is -1.24. The number of nitrogens with one attached hydrogen (secondary N) is 2. The van der Waals surface area contributed by atoms with Gasteiger partial charge in [-0.3, -0.25) is 9.69 Å². The van der Waals surface area contributed by atoms with Gasteiger partial charge in [0, 0.05) is 44.2 Å². The van der Waals surface area contributed by atoms with Crippen molar-refractivity contribution in [3.8, 4) is 0 Å². The topological polar surface area (TPSA) is 44.4 Å². The van der Waals surface area contributed by atoms with Crippen LogP contribution in [0.4, 0.5) is 0 Å². The van der Waals surface area contributed by atoms with Crippen LogP contribution in [0.3, 0.4) is 0 Å². The minimum atomic E-state index is -0.201. The van der Waals surface area contributed by atoms with Gasteiger partial charge in [-0.2, -0.15) is 11.8 Å². The number of rotatable bonds is 5. The molecule has 0 radical (unpaired) electrons. The second-order valence-corrected chi connectivity index (χ2v) is 8.11.